The number of carbonyl (C=O) groups is 1. The molecule has 0 spiro atoms. The third-order valence-electron chi connectivity index (χ3n) is 6.41. The van der Waals surface area contributed by atoms with Gasteiger partial charge in [-0.15, -0.1) is 11.3 Å². The van der Waals surface area contributed by atoms with Crippen LogP contribution >= 0.6 is 11.3 Å². The largest absolute Gasteiger partial charge is 0.490 e. The van der Waals surface area contributed by atoms with Crippen molar-refractivity contribution in [2.45, 2.75) is 38.3 Å². The van der Waals surface area contributed by atoms with Crippen molar-refractivity contribution in [3.8, 4) is 5.75 Å². The molecule has 0 aliphatic carbocycles. The summed E-state index contributed by atoms with van der Waals surface area (Å²) in [6.07, 6.45) is 2.38. The van der Waals surface area contributed by atoms with Gasteiger partial charge in [0.15, 0.2) is 0 Å². The van der Waals surface area contributed by atoms with Crippen LogP contribution in [-0.4, -0.2) is 48.6 Å². The molecule has 1 amide bonds. The Hall–Kier alpha value is -1.79. The Labute approximate surface area is 157 Å². The van der Waals surface area contributed by atoms with Gasteiger partial charge in [0.25, 0.3) is 5.91 Å². The van der Waals surface area contributed by atoms with Crippen molar-refractivity contribution in [1.82, 2.24) is 10.2 Å². The molecule has 0 radical (unpaired) electrons. The summed E-state index contributed by atoms with van der Waals surface area (Å²) in [4.78, 5) is 16.4. The first-order valence-corrected chi connectivity index (χ1v) is 10.3. The molecular weight excluding hydrogens is 346 g/mol. The van der Waals surface area contributed by atoms with Crippen molar-refractivity contribution < 1.29 is 9.53 Å². The molecule has 0 saturated carbocycles. The zero-order chi connectivity index (χ0) is 17.9. The fourth-order valence-electron chi connectivity index (χ4n) is 4.91. The number of nitrogens with one attached hydrogen (secondary N) is 2. The highest BCUT2D eigenvalue weighted by atomic mass is 32.1. The van der Waals surface area contributed by atoms with E-state index in [1.165, 1.54) is 12.8 Å². The molecular formula is C20H25N3O2S. The molecule has 5 heterocycles. The second-order valence-electron chi connectivity index (χ2n) is 8.17. The molecule has 26 heavy (non-hydrogen) atoms. The van der Waals surface area contributed by atoms with Gasteiger partial charge in [0.05, 0.1) is 15.3 Å². The van der Waals surface area contributed by atoms with Crippen LogP contribution in [0.15, 0.2) is 18.2 Å². The maximum absolute atomic E-state index is 13.0. The Bertz CT molecular complexity index is 867. The van der Waals surface area contributed by atoms with Crippen molar-refractivity contribution in [1.29, 1.82) is 0 Å². The van der Waals surface area contributed by atoms with Gasteiger partial charge in [-0.05, 0) is 69.3 Å². The van der Waals surface area contributed by atoms with Crippen molar-refractivity contribution in [2.75, 3.05) is 31.6 Å². The van der Waals surface area contributed by atoms with E-state index in [0.29, 0.717) is 12.5 Å². The monoisotopic (exact) mass is 371 g/mol. The van der Waals surface area contributed by atoms with Gasteiger partial charge in [-0.3, -0.25) is 9.69 Å². The number of nitrogens with zero attached hydrogens (tertiary/aromatic N) is 1. The number of piperidine rings is 3. The number of hydrogen-bond donors (Lipinski definition) is 2. The van der Waals surface area contributed by atoms with Gasteiger partial charge >= 0.3 is 0 Å². The Kier molecular flexibility index (Phi) is 3.69. The average molecular weight is 372 g/mol. The SMILES string of the molecule is CC1(C)C(NC(=O)c2cc3ccc4c(c3s2)NCCO4)C2CCN1CC2. The van der Waals surface area contributed by atoms with Crippen LogP contribution in [0.3, 0.4) is 0 Å². The summed E-state index contributed by atoms with van der Waals surface area (Å²) in [6, 6.07) is 6.28. The van der Waals surface area contributed by atoms with Crippen LogP contribution in [0.2, 0.25) is 0 Å². The van der Waals surface area contributed by atoms with Gasteiger partial charge in [-0.1, -0.05) is 0 Å². The molecule has 4 aliphatic rings. The van der Waals surface area contributed by atoms with Gasteiger partial charge < -0.3 is 15.4 Å². The minimum absolute atomic E-state index is 0.0298. The number of anilines is 1. The second kappa shape index (κ2) is 5.86. The summed E-state index contributed by atoms with van der Waals surface area (Å²) in [7, 11) is 0. The summed E-state index contributed by atoms with van der Waals surface area (Å²) in [6.45, 7) is 8.35. The predicted molar refractivity (Wildman–Crippen MR) is 105 cm³/mol. The van der Waals surface area contributed by atoms with E-state index >= 15 is 0 Å². The van der Waals surface area contributed by atoms with Gasteiger partial charge in [-0.25, -0.2) is 0 Å². The molecule has 4 aliphatic heterocycles. The van der Waals surface area contributed by atoms with Crippen molar-refractivity contribution >= 4 is 33.0 Å². The third kappa shape index (κ3) is 2.42. The Morgan fingerprint density at radius 2 is 2.15 bits per heavy atom. The van der Waals surface area contributed by atoms with Crippen LogP contribution in [0, 0.1) is 5.92 Å². The van der Waals surface area contributed by atoms with E-state index in [1.807, 2.05) is 18.2 Å². The third-order valence-corrected chi connectivity index (χ3v) is 7.57. The van der Waals surface area contributed by atoms with Gasteiger partial charge in [0.1, 0.15) is 12.4 Å². The summed E-state index contributed by atoms with van der Waals surface area (Å²) >= 11 is 1.56. The summed E-state index contributed by atoms with van der Waals surface area (Å²) in [5.41, 5.74) is 1.06. The number of benzene rings is 1. The molecule has 2 N–H and O–H groups in total. The molecule has 6 heteroatoms. The number of carbonyl (C=O) groups excluding carboxylic acids is 1. The van der Waals surface area contributed by atoms with Crippen LogP contribution in [0.5, 0.6) is 5.75 Å². The van der Waals surface area contributed by atoms with E-state index in [0.717, 1.165) is 46.0 Å². The molecule has 138 valence electrons. The molecule has 1 aromatic carbocycles. The van der Waals surface area contributed by atoms with E-state index < -0.39 is 0 Å². The summed E-state index contributed by atoms with van der Waals surface area (Å²) in [5, 5.41) is 7.90. The lowest BCUT2D eigenvalue weighted by atomic mass is 9.72. The minimum atomic E-state index is 0.0298. The highest BCUT2D eigenvalue weighted by Gasteiger charge is 2.48. The smallest absolute Gasteiger partial charge is 0.261 e. The number of rotatable bonds is 2. The number of thiophene rings is 1. The highest BCUT2D eigenvalue weighted by Crippen LogP contribution is 2.41. The molecule has 1 atom stereocenters. The molecule has 1 unspecified atom stereocenters. The average Bonchev–Trinajstić information content (AvgIpc) is 3.10. The van der Waals surface area contributed by atoms with Crippen LogP contribution < -0.4 is 15.4 Å². The van der Waals surface area contributed by atoms with Gasteiger partial charge in [0, 0.05) is 18.1 Å². The van der Waals surface area contributed by atoms with E-state index in [1.54, 1.807) is 11.3 Å². The van der Waals surface area contributed by atoms with Crippen molar-refractivity contribution in [3.63, 3.8) is 0 Å². The van der Waals surface area contributed by atoms with Gasteiger partial charge in [-0.2, -0.15) is 0 Å². The number of ether oxygens (including phenoxy) is 1. The zero-order valence-corrected chi connectivity index (χ0v) is 16.1. The van der Waals surface area contributed by atoms with Crippen molar-refractivity contribution in [2.24, 2.45) is 5.92 Å². The lowest BCUT2D eigenvalue weighted by Gasteiger charge is -2.56. The molecule has 3 saturated heterocycles. The molecule has 6 rings (SSSR count). The maximum atomic E-state index is 13.0. The Morgan fingerprint density at radius 1 is 1.35 bits per heavy atom. The fourth-order valence-corrected chi connectivity index (χ4v) is 5.99. The molecule has 2 aromatic rings. The Balaban J connectivity index is 1.44. The van der Waals surface area contributed by atoms with E-state index in [-0.39, 0.29) is 17.5 Å². The highest BCUT2D eigenvalue weighted by molar-refractivity contribution is 7.21. The normalized spacial score (nSPS) is 28.9. The predicted octanol–water partition coefficient (Wildman–Crippen LogP) is 3.31. The number of fused-ring (bicyclic) bond motifs is 6. The summed E-state index contributed by atoms with van der Waals surface area (Å²) < 4.78 is 6.83. The first kappa shape index (κ1) is 16.4. The van der Waals surface area contributed by atoms with Crippen LogP contribution in [0.1, 0.15) is 36.4 Å². The summed E-state index contributed by atoms with van der Waals surface area (Å²) in [5.74, 6) is 1.54. The van der Waals surface area contributed by atoms with Gasteiger partial charge in [0.2, 0.25) is 0 Å². The van der Waals surface area contributed by atoms with Crippen LogP contribution in [0.4, 0.5) is 5.69 Å². The van der Waals surface area contributed by atoms with Crippen molar-refractivity contribution in [3.05, 3.63) is 23.1 Å². The quantitative estimate of drug-likeness (QED) is 0.850. The lowest BCUT2D eigenvalue weighted by Crippen LogP contribution is -2.69. The molecule has 2 bridgehead atoms. The first-order valence-electron chi connectivity index (χ1n) is 9.53. The Morgan fingerprint density at radius 3 is 2.92 bits per heavy atom. The topological polar surface area (TPSA) is 53.6 Å². The first-order chi connectivity index (χ1) is 12.5. The standard InChI is InChI=1S/C20H25N3O2S/c1-20(2)18(12-5-8-23(20)9-6-12)22-19(24)15-11-13-3-4-14-16(17(13)26-15)21-7-10-25-14/h3-4,11-12,18,21H,5-10H2,1-2H3,(H,22,24). The number of amides is 1. The van der Waals surface area contributed by atoms with Crippen LogP contribution in [0.25, 0.3) is 10.1 Å². The second-order valence-corrected chi connectivity index (χ2v) is 9.22. The molecule has 1 aromatic heterocycles. The molecule has 5 nitrogen and oxygen atoms in total. The van der Waals surface area contributed by atoms with E-state index in [9.17, 15) is 4.79 Å². The number of hydrogen-bond acceptors (Lipinski definition) is 5. The van der Waals surface area contributed by atoms with E-state index in [4.69, 9.17) is 4.74 Å². The lowest BCUT2D eigenvalue weighted by molar-refractivity contribution is -0.0377. The maximum Gasteiger partial charge on any atom is 0.261 e. The molecule has 3 fully saturated rings. The van der Waals surface area contributed by atoms with E-state index in [2.05, 4.69) is 29.4 Å². The minimum Gasteiger partial charge on any atom is -0.490 e. The van der Waals surface area contributed by atoms with Crippen LogP contribution in [-0.2, 0) is 0 Å². The zero-order valence-electron chi connectivity index (χ0n) is 15.3. The fraction of sp³-hybridized carbons (Fsp3) is 0.550.